The van der Waals surface area contributed by atoms with E-state index in [1.165, 1.54) is 6.07 Å². The Morgan fingerprint density at radius 3 is 2.55 bits per heavy atom. The van der Waals surface area contributed by atoms with Crippen LogP contribution in [-0.4, -0.2) is 6.54 Å². The Kier molecular flexibility index (Phi) is 6.60. The van der Waals surface area contributed by atoms with Gasteiger partial charge in [0.1, 0.15) is 0 Å². The second-order valence-electron chi connectivity index (χ2n) is 4.56. The lowest BCUT2D eigenvalue weighted by Crippen LogP contribution is -2.25. The normalized spacial score (nSPS) is 12.7. The number of hydrogen-bond acceptors (Lipinski definition) is 1. The minimum Gasteiger partial charge on any atom is -0.310 e. The van der Waals surface area contributed by atoms with Crippen LogP contribution < -0.4 is 5.32 Å². The number of halogens is 3. The smallest absolute Gasteiger partial charge is 0.310 e. The molecule has 0 saturated heterocycles. The molecule has 1 unspecified atom stereocenters. The number of nitrogens with one attached hydrogen (secondary N) is 1. The fourth-order valence-electron chi connectivity index (χ4n) is 2.09. The maximum absolute atomic E-state index is 13.1. The summed E-state index contributed by atoms with van der Waals surface area (Å²) in [7, 11) is 0. The summed E-state index contributed by atoms with van der Waals surface area (Å²) in [6.07, 6.45) is -2.28. The molecule has 1 aromatic carbocycles. The minimum absolute atomic E-state index is 0.311. The van der Waals surface area contributed by atoms with Crippen LogP contribution in [0.15, 0.2) is 24.3 Å². The van der Waals surface area contributed by atoms with E-state index in [1.54, 1.807) is 19.1 Å². The van der Waals surface area contributed by atoms with Gasteiger partial charge >= 0.3 is 6.18 Å². The van der Waals surface area contributed by atoms with Crippen LogP contribution in [0.4, 0.5) is 13.2 Å². The molecule has 1 atom stereocenters. The van der Waals surface area contributed by atoms with Crippen molar-refractivity contribution in [3.8, 4) is 11.8 Å². The first-order chi connectivity index (χ1) is 9.50. The highest BCUT2D eigenvalue weighted by Crippen LogP contribution is 2.35. The van der Waals surface area contributed by atoms with E-state index in [1.807, 2.05) is 6.92 Å². The van der Waals surface area contributed by atoms with Crippen molar-refractivity contribution in [2.45, 2.75) is 45.3 Å². The molecule has 1 aromatic rings. The zero-order chi connectivity index (χ0) is 15.0. The highest BCUT2D eigenvalue weighted by molar-refractivity contribution is 5.32. The van der Waals surface area contributed by atoms with Crippen molar-refractivity contribution in [3.63, 3.8) is 0 Å². The molecule has 1 rings (SSSR count). The summed E-state index contributed by atoms with van der Waals surface area (Å²) in [6.45, 7) is 4.42. The molecule has 0 aliphatic rings. The summed E-state index contributed by atoms with van der Waals surface area (Å²) < 4.78 is 39.2. The lowest BCUT2D eigenvalue weighted by atomic mass is 9.96. The van der Waals surface area contributed by atoms with Crippen LogP contribution in [0, 0.1) is 11.8 Å². The molecule has 0 heterocycles. The van der Waals surface area contributed by atoms with Gasteiger partial charge in [0.15, 0.2) is 0 Å². The lowest BCUT2D eigenvalue weighted by Gasteiger charge is -2.22. The van der Waals surface area contributed by atoms with Gasteiger partial charge in [-0.05, 0) is 37.9 Å². The van der Waals surface area contributed by atoms with Gasteiger partial charge in [-0.2, -0.15) is 13.2 Å². The van der Waals surface area contributed by atoms with E-state index in [4.69, 9.17) is 0 Å². The summed E-state index contributed by atoms with van der Waals surface area (Å²) in [4.78, 5) is 0. The van der Waals surface area contributed by atoms with Crippen molar-refractivity contribution in [2.75, 3.05) is 6.54 Å². The van der Waals surface area contributed by atoms with Gasteiger partial charge in [0, 0.05) is 12.5 Å². The molecule has 0 bridgehead atoms. The fourth-order valence-corrected chi connectivity index (χ4v) is 2.09. The molecule has 4 heteroatoms. The van der Waals surface area contributed by atoms with Crippen molar-refractivity contribution >= 4 is 0 Å². The van der Waals surface area contributed by atoms with Crippen molar-refractivity contribution in [1.29, 1.82) is 0 Å². The standard InChI is InChI=1S/C16H20F3N/c1-3-5-6-11-15(20-12-4-2)13-9-7-8-10-14(13)16(17,18)19/h7-10,15,20H,4,6,11-12H2,1-2H3. The Balaban J connectivity index is 3.01. The fraction of sp³-hybridized carbons (Fsp3) is 0.500. The molecule has 20 heavy (non-hydrogen) atoms. The van der Waals surface area contributed by atoms with E-state index >= 15 is 0 Å². The van der Waals surface area contributed by atoms with Gasteiger partial charge < -0.3 is 5.32 Å². The molecule has 0 aromatic heterocycles. The van der Waals surface area contributed by atoms with Crippen LogP contribution in [0.25, 0.3) is 0 Å². The van der Waals surface area contributed by atoms with Crippen molar-refractivity contribution < 1.29 is 13.2 Å². The number of rotatable bonds is 6. The molecule has 0 amide bonds. The minimum atomic E-state index is -4.32. The third-order valence-corrected chi connectivity index (χ3v) is 3.02. The third-order valence-electron chi connectivity index (χ3n) is 3.02. The molecule has 1 nitrogen and oxygen atoms in total. The molecule has 0 saturated carbocycles. The Bertz CT molecular complexity index is 469. The van der Waals surface area contributed by atoms with Crippen molar-refractivity contribution in [2.24, 2.45) is 0 Å². The van der Waals surface area contributed by atoms with Crippen LogP contribution in [0.5, 0.6) is 0 Å². The molecule has 0 aliphatic heterocycles. The van der Waals surface area contributed by atoms with Crippen LogP contribution in [-0.2, 0) is 6.18 Å². The van der Waals surface area contributed by atoms with E-state index in [-0.39, 0.29) is 6.04 Å². The van der Waals surface area contributed by atoms with Gasteiger partial charge in [-0.15, -0.1) is 11.8 Å². The zero-order valence-electron chi connectivity index (χ0n) is 11.8. The first-order valence-electron chi connectivity index (χ1n) is 6.79. The Morgan fingerprint density at radius 1 is 1.25 bits per heavy atom. The topological polar surface area (TPSA) is 12.0 Å². The molecule has 0 spiro atoms. The molecule has 0 radical (unpaired) electrons. The average molecular weight is 283 g/mol. The summed E-state index contributed by atoms with van der Waals surface area (Å²) in [5, 5.41) is 3.19. The van der Waals surface area contributed by atoms with Crippen LogP contribution in [0.3, 0.4) is 0 Å². The summed E-state index contributed by atoms with van der Waals surface area (Å²) in [5.41, 5.74) is -0.246. The summed E-state index contributed by atoms with van der Waals surface area (Å²) >= 11 is 0. The predicted octanol–water partition coefficient (Wildman–Crippen LogP) is 4.55. The summed E-state index contributed by atoms with van der Waals surface area (Å²) in [5.74, 6) is 5.69. The summed E-state index contributed by atoms with van der Waals surface area (Å²) in [6, 6.07) is 5.46. The van der Waals surface area contributed by atoms with E-state index in [9.17, 15) is 13.2 Å². The molecular formula is C16H20F3N. The van der Waals surface area contributed by atoms with E-state index in [0.29, 0.717) is 24.9 Å². The number of alkyl halides is 3. The highest BCUT2D eigenvalue weighted by atomic mass is 19.4. The number of benzene rings is 1. The monoisotopic (exact) mass is 283 g/mol. The molecule has 0 aliphatic carbocycles. The quantitative estimate of drug-likeness (QED) is 0.755. The maximum atomic E-state index is 13.1. The number of hydrogen-bond donors (Lipinski definition) is 1. The van der Waals surface area contributed by atoms with Crippen molar-refractivity contribution in [1.82, 2.24) is 5.32 Å². The van der Waals surface area contributed by atoms with E-state index in [0.717, 1.165) is 12.5 Å². The Labute approximate surface area is 118 Å². The highest BCUT2D eigenvalue weighted by Gasteiger charge is 2.34. The third kappa shape index (κ3) is 4.90. The molecular weight excluding hydrogens is 263 g/mol. The van der Waals surface area contributed by atoms with Crippen LogP contribution in [0.2, 0.25) is 0 Å². The van der Waals surface area contributed by atoms with Crippen LogP contribution in [0.1, 0.15) is 50.3 Å². The molecule has 1 N–H and O–H groups in total. The first kappa shape index (κ1) is 16.6. The van der Waals surface area contributed by atoms with Gasteiger partial charge in [-0.1, -0.05) is 25.1 Å². The van der Waals surface area contributed by atoms with E-state index < -0.39 is 11.7 Å². The van der Waals surface area contributed by atoms with Gasteiger partial charge in [0.25, 0.3) is 0 Å². The van der Waals surface area contributed by atoms with Gasteiger partial charge in [-0.3, -0.25) is 0 Å². The molecule has 110 valence electrons. The largest absolute Gasteiger partial charge is 0.416 e. The van der Waals surface area contributed by atoms with Crippen LogP contribution >= 0.6 is 0 Å². The maximum Gasteiger partial charge on any atom is 0.416 e. The van der Waals surface area contributed by atoms with E-state index in [2.05, 4.69) is 17.2 Å². The molecule has 0 fully saturated rings. The SMILES string of the molecule is CC#CCCC(NCCC)c1ccccc1C(F)(F)F. The first-order valence-corrected chi connectivity index (χ1v) is 6.79. The second-order valence-corrected chi connectivity index (χ2v) is 4.56. The lowest BCUT2D eigenvalue weighted by molar-refractivity contribution is -0.138. The van der Waals surface area contributed by atoms with Gasteiger partial charge in [0.2, 0.25) is 0 Å². The van der Waals surface area contributed by atoms with Crippen molar-refractivity contribution in [3.05, 3.63) is 35.4 Å². The van der Waals surface area contributed by atoms with Gasteiger partial charge in [0.05, 0.1) is 5.56 Å². The zero-order valence-corrected chi connectivity index (χ0v) is 11.8. The average Bonchev–Trinajstić information content (AvgIpc) is 2.42. The predicted molar refractivity (Wildman–Crippen MR) is 75.2 cm³/mol. The second kappa shape index (κ2) is 7.96. The Morgan fingerprint density at radius 2 is 1.95 bits per heavy atom. The van der Waals surface area contributed by atoms with Gasteiger partial charge in [-0.25, -0.2) is 0 Å². The Hall–Kier alpha value is -1.47.